The average Bonchev–Trinajstić information content (AvgIpc) is 3.38. The summed E-state index contributed by atoms with van der Waals surface area (Å²) in [6.07, 6.45) is 1.64. The van der Waals surface area contributed by atoms with Crippen LogP contribution in [0.5, 0.6) is 5.75 Å². The van der Waals surface area contributed by atoms with E-state index in [1.165, 1.54) is 0 Å². The lowest BCUT2D eigenvalue weighted by Crippen LogP contribution is -2.34. The zero-order chi connectivity index (χ0) is 19.5. The van der Waals surface area contributed by atoms with Crippen molar-refractivity contribution in [2.75, 3.05) is 19.0 Å². The molecule has 4 rings (SSSR count). The third-order valence-corrected chi connectivity index (χ3v) is 4.90. The summed E-state index contributed by atoms with van der Waals surface area (Å²) in [4.78, 5) is 19.0. The number of nitrogens with one attached hydrogen (secondary N) is 1. The van der Waals surface area contributed by atoms with E-state index in [-0.39, 0.29) is 12.1 Å². The summed E-state index contributed by atoms with van der Waals surface area (Å²) >= 11 is 6.03. The number of likely N-dealkylation sites (tertiary alicyclic amines) is 1. The molecule has 0 aliphatic carbocycles. The van der Waals surface area contributed by atoms with Gasteiger partial charge in [-0.3, -0.25) is 0 Å². The number of methoxy groups -OCH3 is 1. The molecule has 0 saturated carbocycles. The van der Waals surface area contributed by atoms with Crippen molar-refractivity contribution in [2.45, 2.75) is 18.9 Å². The summed E-state index contributed by atoms with van der Waals surface area (Å²) in [5, 5.41) is 7.56. The molecule has 1 atom stereocenters. The van der Waals surface area contributed by atoms with Crippen LogP contribution in [0.15, 0.2) is 53.1 Å². The Hall–Kier alpha value is -3.06. The minimum absolute atomic E-state index is 0.199. The number of urea groups is 1. The SMILES string of the molecule is COc1ccc(NC(=O)N2CCC[C@H]2c2nc(-c3cccc(Cl)c3)no2)cc1. The van der Waals surface area contributed by atoms with E-state index in [4.69, 9.17) is 20.9 Å². The third kappa shape index (κ3) is 3.80. The Kier molecular flexibility index (Phi) is 5.16. The molecule has 7 nitrogen and oxygen atoms in total. The molecule has 0 bridgehead atoms. The maximum Gasteiger partial charge on any atom is 0.322 e. The van der Waals surface area contributed by atoms with Gasteiger partial charge in [-0.25, -0.2) is 4.79 Å². The van der Waals surface area contributed by atoms with Gasteiger partial charge in [-0.2, -0.15) is 4.98 Å². The predicted octanol–water partition coefficient (Wildman–Crippen LogP) is 4.77. The molecule has 1 aliphatic heterocycles. The monoisotopic (exact) mass is 398 g/mol. The van der Waals surface area contributed by atoms with Crippen molar-refractivity contribution in [3.8, 4) is 17.1 Å². The Morgan fingerprint density at radius 3 is 2.86 bits per heavy atom. The fraction of sp³-hybridized carbons (Fsp3) is 0.250. The van der Waals surface area contributed by atoms with Crippen molar-refractivity contribution in [3.05, 3.63) is 59.4 Å². The van der Waals surface area contributed by atoms with Gasteiger partial charge in [0.2, 0.25) is 11.7 Å². The molecule has 1 aromatic heterocycles. The molecule has 8 heteroatoms. The van der Waals surface area contributed by atoms with Gasteiger partial charge in [0.15, 0.2) is 0 Å². The number of ether oxygens (including phenoxy) is 1. The highest BCUT2D eigenvalue weighted by Crippen LogP contribution is 2.33. The second kappa shape index (κ2) is 7.90. The number of nitrogens with zero attached hydrogens (tertiary/aromatic N) is 3. The topological polar surface area (TPSA) is 80.5 Å². The molecule has 2 amide bonds. The van der Waals surface area contributed by atoms with E-state index in [2.05, 4.69) is 15.5 Å². The standard InChI is InChI=1S/C20H19ClN4O3/c1-27-16-9-7-15(8-10-16)22-20(26)25-11-3-6-17(25)19-23-18(24-28-19)13-4-2-5-14(21)12-13/h2,4-5,7-10,12,17H,3,6,11H2,1H3,(H,22,26)/t17-/m0/s1. The molecule has 0 radical (unpaired) electrons. The zero-order valence-electron chi connectivity index (χ0n) is 15.3. The minimum atomic E-state index is -0.251. The summed E-state index contributed by atoms with van der Waals surface area (Å²) in [7, 11) is 1.60. The summed E-state index contributed by atoms with van der Waals surface area (Å²) in [5.74, 6) is 1.62. The van der Waals surface area contributed by atoms with Crippen molar-refractivity contribution < 1.29 is 14.1 Å². The molecule has 1 aliphatic rings. The Balaban J connectivity index is 1.49. The molecule has 2 aromatic carbocycles. The number of aromatic nitrogens is 2. The predicted molar refractivity (Wildman–Crippen MR) is 105 cm³/mol. The Bertz CT molecular complexity index is 974. The van der Waals surface area contributed by atoms with Crippen molar-refractivity contribution in [1.82, 2.24) is 15.0 Å². The van der Waals surface area contributed by atoms with Gasteiger partial charge in [-0.15, -0.1) is 0 Å². The van der Waals surface area contributed by atoms with Crippen LogP contribution in [-0.2, 0) is 0 Å². The van der Waals surface area contributed by atoms with E-state index in [1.807, 2.05) is 12.1 Å². The molecule has 3 aromatic rings. The first-order valence-electron chi connectivity index (χ1n) is 8.95. The molecular formula is C20H19ClN4O3. The number of rotatable bonds is 4. The first kappa shape index (κ1) is 18.3. The first-order valence-corrected chi connectivity index (χ1v) is 9.33. The van der Waals surface area contributed by atoms with E-state index >= 15 is 0 Å². The van der Waals surface area contributed by atoms with E-state index in [0.717, 1.165) is 24.2 Å². The summed E-state index contributed by atoms with van der Waals surface area (Å²) in [6.45, 7) is 0.627. The van der Waals surface area contributed by atoms with Crippen LogP contribution in [0.2, 0.25) is 5.02 Å². The highest BCUT2D eigenvalue weighted by molar-refractivity contribution is 6.30. The Labute approximate surface area is 167 Å². The van der Waals surface area contributed by atoms with Crippen molar-refractivity contribution in [3.63, 3.8) is 0 Å². The van der Waals surface area contributed by atoms with Crippen molar-refractivity contribution in [2.24, 2.45) is 0 Å². The molecule has 1 N–H and O–H groups in total. The summed E-state index contributed by atoms with van der Waals surface area (Å²) < 4.78 is 10.6. The molecule has 28 heavy (non-hydrogen) atoms. The van der Waals surface area contributed by atoms with Gasteiger partial charge in [-0.05, 0) is 49.2 Å². The zero-order valence-corrected chi connectivity index (χ0v) is 16.0. The first-order chi connectivity index (χ1) is 13.6. The normalized spacial score (nSPS) is 16.2. The van der Waals surface area contributed by atoms with Crippen LogP contribution in [-0.4, -0.2) is 34.7 Å². The van der Waals surface area contributed by atoms with Gasteiger partial charge in [0.25, 0.3) is 0 Å². The van der Waals surface area contributed by atoms with Crippen LogP contribution in [0, 0.1) is 0 Å². The molecule has 144 valence electrons. The van der Waals surface area contributed by atoms with E-state index in [0.29, 0.717) is 29.0 Å². The lowest BCUT2D eigenvalue weighted by atomic mass is 10.2. The van der Waals surface area contributed by atoms with Gasteiger partial charge in [0.1, 0.15) is 11.8 Å². The van der Waals surface area contributed by atoms with Crippen LogP contribution >= 0.6 is 11.6 Å². The average molecular weight is 399 g/mol. The van der Waals surface area contributed by atoms with Gasteiger partial charge in [-0.1, -0.05) is 28.9 Å². The van der Waals surface area contributed by atoms with Crippen LogP contribution in [0.25, 0.3) is 11.4 Å². The van der Waals surface area contributed by atoms with Crippen LogP contribution in [0.1, 0.15) is 24.8 Å². The Morgan fingerprint density at radius 2 is 2.11 bits per heavy atom. The number of halogens is 1. The summed E-state index contributed by atoms with van der Waals surface area (Å²) in [6, 6.07) is 14.0. The summed E-state index contributed by atoms with van der Waals surface area (Å²) in [5.41, 5.74) is 1.47. The Morgan fingerprint density at radius 1 is 1.29 bits per heavy atom. The second-order valence-electron chi connectivity index (χ2n) is 6.48. The number of anilines is 1. The van der Waals surface area contributed by atoms with Crippen molar-refractivity contribution in [1.29, 1.82) is 0 Å². The molecule has 0 spiro atoms. The quantitative estimate of drug-likeness (QED) is 0.684. The maximum atomic E-state index is 12.8. The van der Waals surface area contributed by atoms with Crippen molar-refractivity contribution >= 4 is 23.3 Å². The number of carbonyl (C=O) groups is 1. The second-order valence-corrected chi connectivity index (χ2v) is 6.91. The minimum Gasteiger partial charge on any atom is -0.497 e. The molecule has 1 saturated heterocycles. The van der Waals surface area contributed by atoms with E-state index in [9.17, 15) is 4.79 Å². The lowest BCUT2D eigenvalue weighted by Gasteiger charge is -2.22. The highest BCUT2D eigenvalue weighted by Gasteiger charge is 2.34. The lowest BCUT2D eigenvalue weighted by molar-refractivity contribution is 0.193. The van der Waals surface area contributed by atoms with Gasteiger partial charge >= 0.3 is 6.03 Å². The number of hydrogen-bond acceptors (Lipinski definition) is 5. The fourth-order valence-electron chi connectivity index (χ4n) is 3.25. The van der Waals surface area contributed by atoms with Crippen LogP contribution in [0.4, 0.5) is 10.5 Å². The third-order valence-electron chi connectivity index (χ3n) is 4.66. The smallest absolute Gasteiger partial charge is 0.322 e. The number of benzene rings is 2. The maximum absolute atomic E-state index is 12.8. The molecule has 0 unspecified atom stereocenters. The molecule has 1 fully saturated rings. The number of hydrogen-bond donors (Lipinski definition) is 1. The number of amides is 2. The molecular weight excluding hydrogens is 380 g/mol. The number of carbonyl (C=O) groups excluding carboxylic acids is 1. The fourth-order valence-corrected chi connectivity index (χ4v) is 3.44. The van der Waals surface area contributed by atoms with Gasteiger partial charge < -0.3 is 19.5 Å². The van der Waals surface area contributed by atoms with Gasteiger partial charge in [0.05, 0.1) is 7.11 Å². The van der Waals surface area contributed by atoms with Gasteiger partial charge in [0, 0.05) is 22.8 Å². The largest absolute Gasteiger partial charge is 0.497 e. The molecule has 2 heterocycles. The van der Waals surface area contributed by atoms with E-state index < -0.39 is 0 Å². The van der Waals surface area contributed by atoms with E-state index in [1.54, 1.807) is 48.4 Å². The highest BCUT2D eigenvalue weighted by atomic mass is 35.5. The van der Waals surface area contributed by atoms with Crippen LogP contribution in [0.3, 0.4) is 0 Å². The van der Waals surface area contributed by atoms with Crippen LogP contribution < -0.4 is 10.1 Å².